The summed E-state index contributed by atoms with van der Waals surface area (Å²) < 4.78 is 28.1. The zero-order valence-electron chi connectivity index (χ0n) is 11.0. The Bertz CT molecular complexity index is 397. The first kappa shape index (κ1) is 13.3. The lowest BCUT2D eigenvalue weighted by Gasteiger charge is -2.33. The molecule has 1 aromatic carbocycles. The predicted molar refractivity (Wildman–Crippen MR) is 69.7 cm³/mol. The number of benzene rings is 1. The summed E-state index contributed by atoms with van der Waals surface area (Å²) in [5.41, 5.74) is 0.780. The largest absolute Gasteiger partial charge is 0.367 e. The van der Waals surface area contributed by atoms with Crippen molar-refractivity contribution in [2.45, 2.75) is 26.3 Å². The molecule has 1 aliphatic rings. The third-order valence-corrected chi connectivity index (χ3v) is 3.43. The maximum absolute atomic E-state index is 14.0. The second kappa shape index (κ2) is 5.65. The van der Waals surface area contributed by atoms with Gasteiger partial charge in [-0.15, -0.1) is 0 Å². The van der Waals surface area contributed by atoms with Gasteiger partial charge in [0, 0.05) is 19.6 Å². The average Bonchev–Trinajstić information content (AvgIpc) is 2.28. The van der Waals surface area contributed by atoms with Crippen LogP contribution in [0.15, 0.2) is 12.1 Å². The molecule has 1 atom stereocenters. The maximum Gasteiger partial charge on any atom is 0.149 e. The Labute approximate surface area is 107 Å². The van der Waals surface area contributed by atoms with Crippen molar-refractivity contribution in [3.05, 3.63) is 29.3 Å². The Morgan fingerprint density at radius 2 is 2.00 bits per heavy atom. The molecule has 0 radical (unpaired) electrons. The zero-order valence-corrected chi connectivity index (χ0v) is 11.0. The first-order valence-corrected chi connectivity index (χ1v) is 6.49. The second-order valence-corrected chi connectivity index (χ2v) is 5.13. The number of halogens is 2. The van der Waals surface area contributed by atoms with Gasteiger partial charge in [-0.2, -0.15) is 0 Å². The number of nitrogens with zero attached hydrogens (tertiary/aromatic N) is 1. The molecular formula is C14H20F2N2. The smallest absolute Gasteiger partial charge is 0.149 e. The van der Waals surface area contributed by atoms with Crippen molar-refractivity contribution in [3.8, 4) is 0 Å². The van der Waals surface area contributed by atoms with Gasteiger partial charge in [0.25, 0.3) is 0 Å². The van der Waals surface area contributed by atoms with Gasteiger partial charge in [-0.3, -0.25) is 0 Å². The van der Waals surface area contributed by atoms with Crippen molar-refractivity contribution < 1.29 is 8.78 Å². The maximum atomic E-state index is 14.0. The molecule has 0 spiro atoms. The lowest BCUT2D eigenvalue weighted by Crippen LogP contribution is -2.35. The summed E-state index contributed by atoms with van der Waals surface area (Å²) in [5.74, 6) is -0.404. The van der Waals surface area contributed by atoms with Crippen LogP contribution in [0.3, 0.4) is 0 Å². The van der Waals surface area contributed by atoms with E-state index in [0.717, 1.165) is 25.9 Å². The molecule has 100 valence electrons. The van der Waals surface area contributed by atoms with Crippen LogP contribution in [0.25, 0.3) is 0 Å². The third kappa shape index (κ3) is 2.80. The number of piperidine rings is 1. The molecule has 0 aliphatic carbocycles. The fourth-order valence-corrected chi connectivity index (χ4v) is 2.62. The Morgan fingerprint density at radius 1 is 1.33 bits per heavy atom. The normalized spacial score (nSPS) is 20.2. The van der Waals surface area contributed by atoms with Gasteiger partial charge in [0.2, 0.25) is 0 Å². The topological polar surface area (TPSA) is 15.3 Å². The van der Waals surface area contributed by atoms with Gasteiger partial charge in [0.15, 0.2) is 0 Å². The van der Waals surface area contributed by atoms with Gasteiger partial charge in [0.1, 0.15) is 17.3 Å². The van der Waals surface area contributed by atoms with Crippen molar-refractivity contribution in [3.63, 3.8) is 0 Å². The molecule has 1 aromatic rings. The van der Waals surface area contributed by atoms with E-state index in [4.69, 9.17) is 0 Å². The molecule has 1 N–H and O–H groups in total. The molecular weight excluding hydrogens is 234 g/mol. The first-order valence-electron chi connectivity index (χ1n) is 6.49. The van der Waals surface area contributed by atoms with E-state index in [1.54, 1.807) is 7.05 Å². The quantitative estimate of drug-likeness (QED) is 0.892. The van der Waals surface area contributed by atoms with Gasteiger partial charge >= 0.3 is 0 Å². The highest BCUT2D eigenvalue weighted by Gasteiger charge is 2.22. The fraction of sp³-hybridized carbons (Fsp3) is 0.571. The van der Waals surface area contributed by atoms with E-state index in [2.05, 4.69) is 12.2 Å². The summed E-state index contributed by atoms with van der Waals surface area (Å²) in [5, 5.41) is 2.90. The van der Waals surface area contributed by atoms with E-state index in [1.165, 1.54) is 12.1 Å². The summed E-state index contributed by atoms with van der Waals surface area (Å²) in [4.78, 5) is 1.84. The van der Waals surface area contributed by atoms with Crippen molar-refractivity contribution in [2.75, 3.05) is 25.0 Å². The summed E-state index contributed by atoms with van der Waals surface area (Å²) in [6.07, 6.45) is 2.13. The van der Waals surface area contributed by atoms with E-state index in [9.17, 15) is 8.78 Å². The third-order valence-electron chi connectivity index (χ3n) is 3.43. The molecule has 0 aromatic heterocycles. The fourth-order valence-electron chi connectivity index (χ4n) is 2.62. The van der Waals surface area contributed by atoms with Crippen LogP contribution in [0.4, 0.5) is 14.5 Å². The molecule has 1 saturated heterocycles. The summed E-state index contributed by atoms with van der Waals surface area (Å²) >= 11 is 0. The number of anilines is 1. The van der Waals surface area contributed by atoms with Gasteiger partial charge < -0.3 is 10.2 Å². The minimum absolute atomic E-state index is 0.140. The molecule has 1 aliphatic heterocycles. The van der Waals surface area contributed by atoms with Gasteiger partial charge in [-0.05, 0) is 43.5 Å². The van der Waals surface area contributed by atoms with E-state index >= 15 is 0 Å². The van der Waals surface area contributed by atoms with Crippen LogP contribution in [-0.4, -0.2) is 20.1 Å². The highest BCUT2D eigenvalue weighted by Crippen LogP contribution is 2.29. The summed E-state index contributed by atoms with van der Waals surface area (Å²) in [6, 6.07) is 2.85. The predicted octanol–water partition coefficient (Wildman–Crippen LogP) is 2.92. The average molecular weight is 254 g/mol. The number of nitrogens with one attached hydrogen (secondary N) is 1. The van der Waals surface area contributed by atoms with Crippen molar-refractivity contribution in [2.24, 2.45) is 5.92 Å². The summed E-state index contributed by atoms with van der Waals surface area (Å²) in [6.45, 7) is 4.07. The highest BCUT2D eigenvalue weighted by molar-refractivity contribution is 5.51. The van der Waals surface area contributed by atoms with Crippen LogP contribution in [-0.2, 0) is 6.54 Å². The van der Waals surface area contributed by atoms with Gasteiger partial charge in [-0.25, -0.2) is 8.78 Å². The molecule has 18 heavy (non-hydrogen) atoms. The monoisotopic (exact) mass is 254 g/mol. The van der Waals surface area contributed by atoms with Crippen LogP contribution in [0.2, 0.25) is 0 Å². The summed E-state index contributed by atoms with van der Waals surface area (Å²) in [7, 11) is 1.76. The SMILES string of the molecule is CNCc1cc(F)c(N2CCCC(C)C2)c(F)c1. The molecule has 0 amide bonds. The minimum atomic E-state index is -0.450. The van der Waals surface area contributed by atoms with Crippen molar-refractivity contribution in [1.29, 1.82) is 0 Å². The number of rotatable bonds is 3. The first-order chi connectivity index (χ1) is 8.61. The van der Waals surface area contributed by atoms with E-state index in [1.807, 2.05) is 4.90 Å². The molecule has 2 rings (SSSR count). The Balaban J connectivity index is 2.27. The van der Waals surface area contributed by atoms with Gasteiger partial charge in [-0.1, -0.05) is 6.92 Å². The van der Waals surface area contributed by atoms with Crippen LogP contribution in [0.5, 0.6) is 0 Å². The Hall–Kier alpha value is -1.16. The molecule has 1 unspecified atom stereocenters. The van der Waals surface area contributed by atoms with Crippen LogP contribution in [0.1, 0.15) is 25.3 Å². The number of hydrogen-bond donors (Lipinski definition) is 1. The Kier molecular flexibility index (Phi) is 4.17. The van der Waals surface area contributed by atoms with Gasteiger partial charge in [0.05, 0.1) is 0 Å². The van der Waals surface area contributed by atoms with Crippen LogP contribution in [0, 0.1) is 17.6 Å². The molecule has 1 fully saturated rings. The van der Waals surface area contributed by atoms with Crippen molar-refractivity contribution in [1.82, 2.24) is 5.32 Å². The van der Waals surface area contributed by atoms with Crippen LogP contribution < -0.4 is 10.2 Å². The molecule has 0 saturated carbocycles. The molecule has 4 heteroatoms. The molecule has 2 nitrogen and oxygen atoms in total. The highest BCUT2D eigenvalue weighted by atomic mass is 19.1. The second-order valence-electron chi connectivity index (χ2n) is 5.13. The number of hydrogen-bond acceptors (Lipinski definition) is 2. The molecule has 1 heterocycles. The van der Waals surface area contributed by atoms with Crippen molar-refractivity contribution >= 4 is 5.69 Å². The van der Waals surface area contributed by atoms with Crippen LogP contribution >= 0.6 is 0 Å². The lowest BCUT2D eigenvalue weighted by atomic mass is 9.99. The lowest BCUT2D eigenvalue weighted by molar-refractivity contribution is 0.435. The van der Waals surface area contributed by atoms with E-state index < -0.39 is 11.6 Å². The zero-order chi connectivity index (χ0) is 13.1. The van der Waals surface area contributed by atoms with E-state index in [-0.39, 0.29) is 5.69 Å². The minimum Gasteiger partial charge on any atom is -0.367 e. The standard InChI is InChI=1S/C14H20F2N2/c1-10-4-3-5-18(9-10)14-12(15)6-11(8-17-2)7-13(14)16/h6-7,10,17H,3-5,8-9H2,1-2H3. The van der Waals surface area contributed by atoms with E-state index in [0.29, 0.717) is 18.0 Å². The Morgan fingerprint density at radius 3 is 2.56 bits per heavy atom. The molecule has 0 bridgehead atoms.